The Bertz CT molecular complexity index is 911. The summed E-state index contributed by atoms with van der Waals surface area (Å²) >= 11 is 0. The molecule has 0 bridgehead atoms. The Morgan fingerprint density at radius 3 is 2.69 bits per heavy atom. The molecule has 26 heavy (non-hydrogen) atoms. The van der Waals surface area contributed by atoms with E-state index in [1.165, 1.54) is 13.3 Å². The number of ether oxygens (including phenoxy) is 2. The van der Waals surface area contributed by atoms with E-state index in [1.54, 1.807) is 11.8 Å². The van der Waals surface area contributed by atoms with E-state index in [1.807, 2.05) is 24.3 Å². The number of hydrogen-bond donors (Lipinski definition) is 1. The lowest BCUT2D eigenvalue weighted by atomic mass is 9.85. The van der Waals surface area contributed by atoms with E-state index in [0.29, 0.717) is 23.4 Å². The summed E-state index contributed by atoms with van der Waals surface area (Å²) in [5.74, 6) is 0.952. The number of methoxy groups -OCH3 is 2. The van der Waals surface area contributed by atoms with Gasteiger partial charge >= 0.3 is 5.97 Å². The van der Waals surface area contributed by atoms with Crippen LogP contribution >= 0.6 is 0 Å². The van der Waals surface area contributed by atoms with Crippen molar-refractivity contribution < 1.29 is 19.1 Å². The molecule has 4 rings (SSSR count). The first-order valence-electron chi connectivity index (χ1n) is 8.47. The normalized spacial score (nSPS) is 18.7. The van der Waals surface area contributed by atoms with Crippen LogP contribution in [0, 0.1) is 0 Å². The molecule has 2 heterocycles. The van der Waals surface area contributed by atoms with E-state index in [-0.39, 0.29) is 11.8 Å². The average Bonchev–Trinajstić information content (AvgIpc) is 3.09. The van der Waals surface area contributed by atoms with Gasteiger partial charge < -0.3 is 14.8 Å². The van der Waals surface area contributed by atoms with Gasteiger partial charge in [0.25, 0.3) is 0 Å². The fourth-order valence-electron chi connectivity index (χ4n) is 3.61. The molecule has 0 unspecified atom stereocenters. The molecule has 1 aliphatic heterocycles. The van der Waals surface area contributed by atoms with E-state index in [9.17, 15) is 9.59 Å². The first-order valence-corrected chi connectivity index (χ1v) is 8.47. The number of anilines is 1. The number of hydrogen-bond acceptors (Lipinski definition) is 6. The third-order valence-electron chi connectivity index (χ3n) is 4.88. The zero-order chi connectivity index (χ0) is 18.3. The van der Waals surface area contributed by atoms with Crippen LogP contribution in [-0.4, -0.2) is 35.8 Å². The van der Waals surface area contributed by atoms with Crippen LogP contribution in [0.25, 0.3) is 0 Å². The minimum Gasteiger partial charge on any atom is -0.497 e. The monoisotopic (exact) mass is 353 g/mol. The zero-order valence-electron chi connectivity index (χ0n) is 14.6. The smallest absolute Gasteiger partial charge is 0.343 e. The number of rotatable bonds is 3. The molecule has 0 spiro atoms. The maximum atomic E-state index is 12.7. The van der Waals surface area contributed by atoms with Crippen molar-refractivity contribution in [3.63, 3.8) is 0 Å². The van der Waals surface area contributed by atoms with Crippen LogP contribution in [0.3, 0.4) is 0 Å². The Morgan fingerprint density at radius 1 is 1.23 bits per heavy atom. The van der Waals surface area contributed by atoms with Gasteiger partial charge in [-0.3, -0.25) is 4.79 Å². The molecule has 2 aromatic rings. The topological polar surface area (TPSA) is 82.5 Å². The van der Waals surface area contributed by atoms with Crippen LogP contribution in [0.2, 0.25) is 0 Å². The maximum absolute atomic E-state index is 12.7. The van der Waals surface area contributed by atoms with Crippen LogP contribution in [0.15, 0.2) is 41.7 Å². The summed E-state index contributed by atoms with van der Waals surface area (Å²) in [5, 5.41) is 7.64. The van der Waals surface area contributed by atoms with Gasteiger partial charge in [0.2, 0.25) is 0 Å². The Hall–Kier alpha value is -3.09. The fourth-order valence-corrected chi connectivity index (χ4v) is 3.61. The average molecular weight is 353 g/mol. The zero-order valence-corrected chi connectivity index (χ0v) is 14.6. The maximum Gasteiger partial charge on any atom is 0.343 e. The third kappa shape index (κ3) is 2.47. The number of fused-ring (bicyclic) bond motifs is 1. The summed E-state index contributed by atoms with van der Waals surface area (Å²) in [5.41, 5.74) is 2.85. The van der Waals surface area contributed by atoms with Gasteiger partial charge in [-0.2, -0.15) is 5.10 Å². The Balaban J connectivity index is 1.88. The van der Waals surface area contributed by atoms with Gasteiger partial charge in [0.05, 0.1) is 20.4 Å². The van der Waals surface area contributed by atoms with Crippen molar-refractivity contribution in [2.45, 2.75) is 25.3 Å². The quantitative estimate of drug-likeness (QED) is 0.855. The number of benzene rings is 1. The van der Waals surface area contributed by atoms with Gasteiger partial charge in [0.15, 0.2) is 5.78 Å². The van der Waals surface area contributed by atoms with Gasteiger partial charge in [-0.05, 0) is 30.5 Å². The minimum absolute atomic E-state index is 0.111. The van der Waals surface area contributed by atoms with Gasteiger partial charge in [-0.25, -0.2) is 9.48 Å². The van der Waals surface area contributed by atoms with Crippen molar-refractivity contribution in [1.29, 1.82) is 0 Å². The van der Waals surface area contributed by atoms with E-state index < -0.39 is 5.97 Å². The van der Waals surface area contributed by atoms with E-state index in [0.717, 1.165) is 29.9 Å². The summed E-state index contributed by atoms with van der Waals surface area (Å²) in [4.78, 5) is 24.8. The molecule has 1 aliphatic carbocycles. The summed E-state index contributed by atoms with van der Waals surface area (Å²) in [6.07, 6.45) is 3.56. The van der Waals surface area contributed by atoms with Crippen molar-refractivity contribution in [3.05, 3.63) is 52.9 Å². The minimum atomic E-state index is -0.460. The van der Waals surface area contributed by atoms with Gasteiger partial charge in [-0.1, -0.05) is 12.1 Å². The lowest BCUT2D eigenvalue weighted by Crippen LogP contribution is -2.31. The second-order valence-corrected chi connectivity index (χ2v) is 6.31. The van der Waals surface area contributed by atoms with Crippen molar-refractivity contribution in [3.8, 4) is 5.75 Å². The first kappa shape index (κ1) is 16.4. The lowest BCUT2D eigenvalue weighted by molar-refractivity contribution is -0.116. The molecular formula is C19H19N3O4. The number of allylic oxidation sites excluding steroid dienone is 2. The Morgan fingerprint density at radius 2 is 2.00 bits per heavy atom. The van der Waals surface area contributed by atoms with Crippen LogP contribution in [0.5, 0.6) is 5.75 Å². The highest BCUT2D eigenvalue weighted by Crippen LogP contribution is 2.41. The second kappa shape index (κ2) is 6.33. The summed E-state index contributed by atoms with van der Waals surface area (Å²) in [6.45, 7) is 0. The van der Waals surface area contributed by atoms with E-state index in [4.69, 9.17) is 9.47 Å². The molecule has 7 heteroatoms. The van der Waals surface area contributed by atoms with Crippen molar-refractivity contribution in [2.24, 2.45) is 0 Å². The highest BCUT2D eigenvalue weighted by atomic mass is 16.5. The molecule has 7 nitrogen and oxygen atoms in total. The second-order valence-electron chi connectivity index (χ2n) is 6.31. The van der Waals surface area contributed by atoms with Crippen LogP contribution in [0.4, 0.5) is 5.82 Å². The molecule has 0 fully saturated rings. The van der Waals surface area contributed by atoms with Crippen LogP contribution in [-0.2, 0) is 9.53 Å². The summed E-state index contributed by atoms with van der Waals surface area (Å²) in [7, 11) is 2.95. The number of nitrogens with zero attached hydrogens (tertiary/aromatic N) is 2. The van der Waals surface area contributed by atoms with Gasteiger partial charge in [0.1, 0.15) is 23.2 Å². The molecule has 2 aliphatic rings. The SMILES string of the molecule is COC(=O)c1cnn2c1NC1=C(C(=O)CCC1)[C@H]2c1ccc(OC)cc1. The number of Topliss-reactive ketones (excluding diaryl/α,β-unsaturated/α-hetero) is 1. The predicted octanol–water partition coefficient (Wildman–Crippen LogP) is 2.70. The first-order chi connectivity index (χ1) is 12.6. The number of ketones is 1. The van der Waals surface area contributed by atoms with Crippen LogP contribution in [0.1, 0.15) is 41.2 Å². The molecular weight excluding hydrogens is 334 g/mol. The highest BCUT2D eigenvalue weighted by Gasteiger charge is 2.37. The molecule has 134 valence electrons. The van der Waals surface area contributed by atoms with Crippen LogP contribution < -0.4 is 10.1 Å². The van der Waals surface area contributed by atoms with E-state index in [2.05, 4.69) is 10.4 Å². The molecule has 1 aromatic carbocycles. The molecule has 0 saturated carbocycles. The lowest BCUT2D eigenvalue weighted by Gasteiger charge is -2.33. The number of aromatic nitrogens is 2. The summed E-state index contributed by atoms with van der Waals surface area (Å²) in [6, 6.07) is 7.18. The molecule has 0 saturated heterocycles. The molecule has 0 radical (unpaired) electrons. The highest BCUT2D eigenvalue weighted by molar-refractivity contribution is 6.01. The largest absolute Gasteiger partial charge is 0.497 e. The number of esters is 1. The Kier molecular flexibility index (Phi) is 3.99. The van der Waals surface area contributed by atoms with Crippen molar-refractivity contribution in [1.82, 2.24) is 9.78 Å². The van der Waals surface area contributed by atoms with E-state index >= 15 is 0 Å². The molecule has 1 aromatic heterocycles. The van der Waals surface area contributed by atoms with Gasteiger partial charge in [-0.15, -0.1) is 0 Å². The Labute approximate surface area is 150 Å². The molecule has 1 atom stereocenters. The molecule has 0 amide bonds. The number of nitrogens with one attached hydrogen (secondary N) is 1. The standard InChI is InChI=1S/C19H19N3O4/c1-25-12-8-6-11(7-9-12)17-16-14(4-3-5-15(16)23)21-18-13(19(24)26-2)10-20-22(17)18/h6-10,17,21H,3-5H2,1-2H3/t17-/m1/s1. The fraction of sp³-hybridized carbons (Fsp3) is 0.316. The number of carbonyl (C=O) groups is 2. The number of carbonyl (C=O) groups excluding carboxylic acids is 2. The van der Waals surface area contributed by atoms with Gasteiger partial charge in [0, 0.05) is 17.7 Å². The predicted molar refractivity (Wildman–Crippen MR) is 94.2 cm³/mol. The molecule has 1 N–H and O–H groups in total. The van der Waals surface area contributed by atoms with Crippen molar-refractivity contribution >= 4 is 17.6 Å². The third-order valence-corrected chi connectivity index (χ3v) is 4.88. The van der Waals surface area contributed by atoms with Crippen molar-refractivity contribution in [2.75, 3.05) is 19.5 Å². The summed E-state index contributed by atoms with van der Waals surface area (Å²) < 4.78 is 11.8.